The maximum Gasteiger partial charge on any atom is 0.258 e. The van der Waals surface area contributed by atoms with Crippen LogP contribution in [0.3, 0.4) is 0 Å². The third-order valence-electron chi connectivity index (χ3n) is 7.04. The van der Waals surface area contributed by atoms with E-state index < -0.39 is 0 Å². The number of nitrogens with one attached hydrogen (secondary N) is 1. The lowest BCUT2D eigenvalue weighted by Crippen LogP contribution is -2.30. The summed E-state index contributed by atoms with van der Waals surface area (Å²) in [5.74, 6) is -0.00127. The average molecular weight is 501 g/mol. The topological polar surface area (TPSA) is 49.4 Å². The van der Waals surface area contributed by atoms with Crippen LogP contribution < -0.4 is 10.2 Å². The first kappa shape index (κ1) is 28.4. The van der Waals surface area contributed by atoms with Crippen LogP contribution in [0.15, 0.2) is 66.7 Å². The molecule has 3 aromatic rings. The van der Waals surface area contributed by atoms with Crippen LogP contribution in [0.4, 0.5) is 11.4 Å². The van der Waals surface area contributed by atoms with Gasteiger partial charge in [0.1, 0.15) is 0 Å². The molecule has 0 bridgehead atoms. The summed E-state index contributed by atoms with van der Waals surface area (Å²) < 4.78 is 0. The van der Waals surface area contributed by atoms with Crippen molar-refractivity contribution in [2.24, 2.45) is 0 Å². The van der Waals surface area contributed by atoms with Crippen molar-refractivity contribution in [3.63, 3.8) is 0 Å². The van der Waals surface area contributed by atoms with Gasteiger partial charge in [0.25, 0.3) is 5.91 Å². The van der Waals surface area contributed by atoms with Crippen LogP contribution in [0.1, 0.15) is 101 Å². The Morgan fingerprint density at radius 3 is 1.92 bits per heavy atom. The first-order chi connectivity index (χ1) is 18.1. The third-order valence-corrected chi connectivity index (χ3v) is 7.04. The van der Waals surface area contributed by atoms with E-state index in [0.29, 0.717) is 18.5 Å². The Kier molecular flexibility index (Phi) is 12.2. The van der Waals surface area contributed by atoms with Crippen molar-refractivity contribution in [2.45, 2.75) is 90.9 Å². The Hall–Kier alpha value is -3.14. The number of fused-ring (bicyclic) bond motifs is 1. The van der Waals surface area contributed by atoms with Crippen molar-refractivity contribution in [1.82, 2.24) is 0 Å². The van der Waals surface area contributed by atoms with Crippen molar-refractivity contribution in [2.75, 3.05) is 16.8 Å². The van der Waals surface area contributed by atoms with E-state index in [1.807, 2.05) is 48.2 Å². The zero-order valence-corrected chi connectivity index (χ0v) is 22.8. The molecule has 0 unspecified atom stereocenters. The van der Waals surface area contributed by atoms with Gasteiger partial charge in [0.05, 0.1) is 5.69 Å². The van der Waals surface area contributed by atoms with Crippen LogP contribution in [0, 0.1) is 0 Å². The zero-order chi connectivity index (χ0) is 26.3. The van der Waals surface area contributed by atoms with Gasteiger partial charge in [0.2, 0.25) is 5.91 Å². The predicted molar refractivity (Wildman–Crippen MR) is 157 cm³/mol. The van der Waals surface area contributed by atoms with E-state index in [0.717, 1.165) is 35.0 Å². The van der Waals surface area contributed by atoms with Crippen molar-refractivity contribution >= 4 is 34.0 Å². The maximum atomic E-state index is 13.3. The smallest absolute Gasteiger partial charge is 0.258 e. The second-order valence-electron chi connectivity index (χ2n) is 9.96. The van der Waals surface area contributed by atoms with Crippen LogP contribution in [0.5, 0.6) is 0 Å². The van der Waals surface area contributed by atoms with Gasteiger partial charge in [0, 0.05) is 29.6 Å². The number of carbonyl (C=O) groups is 2. The lowest BCUT2D eigenvalue weighted by molar-refractivity contribution is -0.116. The number of carbonyl (C=O) groups excluding carboxylic acids is 2. The van der Waals surface area contributed by atoms with E-state index in [2.05, 4.69) is 30.4 Å². The number of amides is 2. The van der Waals surface area contributed by atoms with Crippen LogP contribution in [-0.4, -0.2) is 18.4 Å². The van der Waals surface area contributed by atoms with Crippen LogP contribution in [0.25, 0.3) is 10.8 Å². The highest BCUT2D eigenvalue weighted by Crippen LogP contribution is 2.28. The van der Waals surface area contributed by atoms with Crippen molar-refractivity contribution in [3.05, 3.63) is 72.3 Å². The Morgan fingerprint density at radius 1 is 0.676 bits per heavy atom. The molecule has 3 aromatic carbocycles. The van der Waals surface area contributed by atoms with Gasteiger partial charge in [-0.1, -0.05) is 108 Å². The van der Waals surface area contributed by atoms with Crippen LogP contribution in [-0.2, 0) is 4.79 Å². The number of nitrogens with zero attached hydrogens (tertiary/aromatic N) is 1. The summed E-state index contributed by atoms with van der Waals surface area (Å²) in [5, 5.41) is 5.15. The van der Waals surface area contributed by atoms with Crippen molar-refractivity contribution in [3.8, 4) is 0 Å². The minimum Gasteiger partial charge on any atom is -0.326 e. The van der Waals surface area contributed by atoms with E-state index in [1.165, 1.54) is 57.8 Å². The van der Waals surface area contributed by atoms with Gasteiger partial charge in [-0.15, -0.1) is 0 Å². The molecule has 0 heterocycles. The molecule has 2 amide bonds. The quantitative estimate of drug-likeness (QED) is 0.199. The third kappa shape index (κ3) is 9.03. The molecule has 37 heavy (non-hydrogen) atoms. The molecular weight excluding hydrogens is 456 g/mol. The zero-order valence-electron chi connectivity index (χ0n) is 22.8. The number of unbranched alkanes of at least 4 members (excludes halogenated alkanes) is 10. The molecule has 0 fully saturated rings. The molecule has 198 valence electrons. The highest BCUT2D eigenvalue weighted by Gasteiger charge is 2.18. The Balaban J connectivity index is 1.41. The van der Waals surface area contributed by atoms with Crippen LogP contribution in [0.2, 0.25) is 0 Å². The molecule has 0 saturated carbocycles. The molecule has 0 aliphatic carbocycles. The molecule has 0 aliphatic rings. The average Bonchev–Trinajstić information content (AvgIpc) is 2.92. The monoisotopic (exact) mass is 500 g/mol. The summed E-state index contributed by atoms with van der Waals surface area (Å²) >= 11 is 0. The summed E-state index contributed by atoms with van der Waals surface area (Å²) in [7, 11) is 0. The summed E-state index contributed by atoms with van der Waals surface area (Å²) in [6, 6.07) is 21.4. The lowest BCUT2D eigenvalue weighted by Gasteiger charge is -2.23. The normalized spacial score (nSPS) is 11.0. The second kappa shape index (κ2) is 15.9. The highest BCUT2D eigenvalue weighted by molar-refractivity contribution is 6.11. The Labute approximate surface area is 223 Å². The van der Waals surface area contributed by atoms with E-state index in [4.69, 9.17) is 0 Å². The molecular formula is C33H44N2O2. The first-order valence-corrected chi connectivity index (χ1v) is 14.3. The number of hydrogen-bond donors (Lipinski definition) is 1. The van der Waals surface area contributed by atoms with Gasteiger partial charge < -0.3 is 10.2 Å². The number of benzene rings is 3. The van der Waals surface area contributed by atoms with E-state index in [1.54, 1.807) is 12.1 Å². The fraction of sp³-hybridized carbons (Fsp3) is 0.455. The first-order valence-electron chi connectivity index (χ1n) is 14.3. The van der Waals surface area contributed by atoms with E-state index in [-0.39, 0.29) is 11.8 Å². The van der Waals surface area contributed by atoms with Gasteiger partial charge in [-0.3, -0.25) is 9.59 Å². The summed E-state index contributed by atoms with van der Waals surface area (Å²) in [4.78, 5) is 27.5. The van der Waals surface area contributed by atoms with Crippen molar-refractivity contribution < 1.29 is 9.59 Å². The van der Waals surface area contributed by atoms with E-state index in [9.17, 15) is 9.59 Å². The molecule has 0 radical (unpaired) electrons. The number of rotatable bonds is 16. The number of anilines is 2. The molecule has 0 spiro atoms. The van der Waals surface area contributed by atoms with Crippen LogP contribution >= 0.6 is 0 Å². The molecule has 4 heteroatoms. The second-order valence-corrected chi connectivity index (χ2v) is 9.96. The minimum atomic E-state index is -0.0438. The van der Waals surface area contributed by atoms with Gasteiger partial charge in [0.15, 0.2) is 0 Å². The molecule has 0 aliphatic heterocycles. The molecule has 0 saturated heterocycles. The van der Waals surface area contributed by atoms with Crippen molar-refractivity contribution in [1.29, 1.82) is 0 Å². The molecule has 0 atom stereocenters. The minimum absolute atomic E-state index is 0.0425. The standard InChI is InChI=1S/C33H44N2O2/c1-3-5-6-7-8-9-10-11-12-13-14-22-32(36)34-29-25-23-28(24-26-29)33(37)35(4-2)31-21-17-19-27-18-15-16-20-30(27)31/h15-21,23-26H,3-14,22H2,1-2H3,(H,34,36). The molecule has 0 aromatic heterocycles. The Morgan fingerprint density at radius 2 is 1.27 bits per heavy atom. The SMILES string of the molecule is CCCCCCCCCCCCCC(=O)Nc1ccc(C(=O)N(CC)c2cccc3ccccc23)cc1. The van der Waals surface area contributed by atoms with Gasteiger partial charge in [-0.2, -0.15) is 0 Å². The highest BCUT2D eigenvalue weighted by atomic mass is 16.2. The lowest BCUT2D eigenvalue weighted by atomic mass is 10.1. The van der Waals surface area contributed by atoms with Gasteiger partial charge >= 0.3 is 0 Å². The molecule has 1 N–H and O–H groups in total. The fourth-order valence-electron chi connectivity index (χ4n) is 4.89. The summed E-state index contributed by atoms with van der Waals surface area (Å²) in [6.07, 6.45) is 14.5. The van der Waals surface area contributed by atoms with Gasteiger partial charge in [-0.05, 0) is 49.1 Å². The largest absolute Gasteiger partial charge is 0.326 e. The molecule has 3 rings (SSSR count). The predicted octanol–water partition coefficient (Wildman–Crippen LogP) is 9.15. The Bertz CT molecular complexity index is 1100. The van der Waals surface area contributed by atoms with Gasteiger partial charge in [-0.25, -0.2) is 0 Å². The van der Waals surface area contributed by atoms with E-state index >= 15 is 0 Å². The maximum absolute atomic E-state index is 13.3. The molecule has 4 nitrogen and oxygen atoms in total. The summed E-state index contributed by atoms with van der Waals surface area (Å²) in [5.41, 5.74) is 2.26. The fourth-order valence-corrected chi connectivity index (χ4v) is 4.89. The summed E-state index contributed by atoms with van der Waals surface area (Å²) in [6.45, 7) is 4.82. The number of hydrogen-bond acceptors (Lipinski definition) is 2.